The molecular formula is C7H7Cl2O3P. The second kappa shape index (κ2) is 3.99. The van der Waals surface area contributed by atoms with Gasteiger partial charge in [-0.25, -0.2) is 0 Å². The first-order chi connectivity index (χ1) is 5.88. The van der Waals surface area contributed by atoms with Crippen LogP contribution < -0.4 is 0 Å². The van der Waals surface area contributed by atoms with E-state index in [1.54, 1.807) is 6.07 Å². The highest BCUT2D eigenvalue weighted by atomic mass is 35.5. The normalized spacial score (nSPS) is 11.7. The number of rotatable bonds is 2. The van der Waals surface area contributed by atoms with Crippen LogP contribution in [0, 0.1) is 0 Å². The third-order valence-corrected chi connectivity index (χ3v) is 2.73. The molecule has 3 nitrogen and oxygen atoms in total. The van der Waals surface area contributed by atoms with Gasteiger partial charge in [0.1, 0.15) is 0 Å². The van der Waals surface area contributed by atoms with E-state index in [4.69, 9.17) is 33.0 Å². The zero-order valence-corrected chi connectivity index (χ0v) is 8.85. The minimum Gasteiger partial charge on any atom is -0.324 e. The Labute approximate surface area is 85.5 Å². The second-order valence-corrected chi connectivity index (χ2v) is 5.05. The van der Waals surface area contributed by atoms with Gasteiger partial charge in [-0.2, -0.15) is 0 Å². The molecule has 0 bridgehead atoms. The van der Waals surface area contributed by atoms with E-state index in [1.807, 2.05) is 0 Å². The highest BCUT2D eigenvalue weighted by Gasteiger charge is 2.15. The fourth-order valence-electron chi connectivity index (χ4n) is 0.872. The average molecular weight is 241 g/mol. The van der Waals surface area contributed by atoms with Crippen molar-refractivity contribution in [3.8, 4) is 0 Å². The van der Waals surface area contributed by atoms with E-state index in [0.717, 1.165) is 0 Å². The summed E-state index contributed by atoms with van der Waals surface area (Å²) >= 11 is 11.3. The molecule has 0 aromatic heterocycles. The molecule has 0 aliphatic rings. The Hall–Kier alpha value is -0.0500. The Morgan fingerprint density at radius 1 is 1.31 bits per heavy atom. The van der Waals surface area contributed by atoms with Gasteiger partial charge in [-0.15, -0.1) is 0 Å². The lowest BCUT2D eigenvalue weighted by Gasteiger charge is -2.05. The third-order valence-electron chi connectivity index (χ3n) is 1.39. The second-order valence-electron chi connectivity index (χ2n) is 2.56. The van der Waals surface area contributed by atoms with Crippen LogP contribution in [0.3, 0.4) is 0 Å². The molecule has 0 aliphatic heterocycles. The van der Waals surface area contributed by atoms with E-state index < -0.39 is 7.60 Å². The molecule has 72 valence electrons. The molecule has 0 aliphatic carbocycles. The predicted molar refractivity (Wildman–Crippen MR) is 52.2 cm³/mol. The van der Waals surface area contributed by atoms with Gasteiger partial charge < -0.3 is 9.79 Å². The summed E-state index contributed by atoms with van der Waals surface area (Å²) in [6, 6.07) is 4.50. The number of halogens is 2. The van der Waals surface area contributed by atoms with Gasteiger partial charge in [-0.05, 0) is 17.7 Å². The van der Waals surface area contributed by atoms with Crippen molar-refractivity contribution in [3.05, 3.63) is 33.8 Å². The summed E-state index contributed by atoms with van der Waals surface area (Å²) in [5.74, 6) is 0. The van der Waals surface area contributed by atoms with E-state index in [0.29, 0.717) is 10.6 Å². The van der Waals surface area contributed by atoms with E-state index in [2.05, 4.69) is 0 Å². The van der Waals surface area contributed by atoms with Crippen LogP contribution in [0.5, 0.6) is 0 Å². The zero-order chi connectivity index (χ0) is 10.1. The molecule has 0 atom stereocenters. The molecule has 0 fully saturated rings. The van der Waals surface area contributed by atoms with Gasteiger partial charge in [-0.1, -0.05) is 29.3 Å². The number of hydrogen-bond donors (Lipinski definition) is 2. The highest BCUT2D eigenvalue weighted by molar-refractivity contribution is 7.50. The molecule has 0 radical (unpaired) electrons. The first-order valence-electron chi connectivity index (χ1n) is 3.37. The maximum Gasteiger partial charge on any atom is 0.329 e. The first-order valence-corrected chi connectivity index (χ1v) is 5.92. The van der Waals surface area contributed by atoms with Crippen molar-refractivity contribution in [1.29, 1.82) is 0 Å². The zero-order valence-electron chi connectivity index (χ0n) is 6.44. The number of benzene rings is 1. The first kappa shape index (κ1) is 11.0. The van der Waals surface area contributed by atoms with Gasteiger partial charge in [0.2, 0.25) is 0 Å². The van der Waals surface area contributed by atoms with Gasteiger partial charge in [0, 0.05) is 10.0 Å². The van der Waals surface area contributed by atoms with Crippen molar-refractivity contribution < 1.29 is 14.4 Å². The smallest absolute Gasteiger partial charge is 0.324 e. The van der Waals surface area contributed by atoms with Crippen LogP contribution in [-0.2, 0) is 10.7 Å². The maximum atomic E-state index is 10.6. The lowest BCUT2D eigenvalue weighted by molar-refractivity contribution is 0.372. The molecule has 13 heavy (non-hydrogen) atoms. The molecule has 1 rings (SSSR count). The molecule has 1 aromatic carbocycles. The molecule has 0 heterocycles. The summed E-state index contributed by atoms with van der Waals surface area (Å²) in [5.41, 5.74) is 0.402. The van der Waals surface area contributed by atoms with Crippen molar-refractivity contribution >= 4 is 30.8 Å². The third kappa shape index (κ3) is 3.67. The van der Waals surface area contributed by atoms with Gasteiger partial charge in [-0.3, -0.25) is 4.57 Å². The van der Waals surface area contributed by atoms with Crippen LogP contribution in [0.1, 0.15) is 5.56 Å². The quantitative estimate of drug-likeness (QED) is 0.782. The predicted octanol–water partition coefficient (Wildman–Crippen LogP) is 2.67. The summed E-state index contributed by atoms with van der Waals surface area (Å²) < 4.78 is 10.6. The fourth-order valence-corrected chi connectivity index (χ4v) is 2.16. The topological polar surface area (TPSA) is 57.5 Å². The molecule has 6 heteroatoms. The lowest BCUT2D eigenvalue weighted by Crippen LogP contribution is -1.87. The van der Waals surface area contributed by atoms with Crippen molar-refractivity contribution in [2.75, 3.05) is 0 Å². The van der Waals surface area contributed by atoms with Crippen LogP contribution >= 0.6 is 30.8 Å². The summed E-state index contributed by atoms with van der Waals surface area (Å²) in [6.45, 7) is 0. The Morgan fingerprint density at radius 2 is 1.92 bits per heavy atom. The van der Waals surface area contributed by atoms with Crippen molar-refractivity contribution in [2.45, 2.75) is 6.16 Å². The highest BCUT2D eigenvalue weighted by Crippen LogP contribution is 2.41. The largest absolute Gasteiger partial charge is 0.329 e. The average Bonchev–Trinajstić information content (AvgIpc) is 1.93. The van der Waals surface area contributed by atoms with Gasteiger partial charge in [0.15, 0.2) is 0 Å². The van der Waals surface area contributed by atoms with Crippen LogP contribution in [0.2, 0.25) is 10.0 Å². The minimum absolute atomic E-state index is 0.274. The summed E-state index contributed by atoms with van der Waals surface area (Å²) in [5, 5.41) is 0.718. The summed E-state index contributed by atoms with van der Waals surface area (Å²) in [4.78, 5) is 17.4. The fraction of sp³-hybridized carbons (Fsp3) is 0.143. The van der Waals surface area contributed by atoms with Crippen LogP contribution in [0.4, 0.5) is 0 Å². The molecule has 1 aromatic rings. The molecule has 0 saturated carbocycles. The molecule has 2 N–H and O–H groups in total. The van der Waals surface area contributed by atoms with E-state index >= 15 is 0 Å². The monoisotopic (exact) mass is 240 g/mol. The summed E-state index contributed by atoms with van der Waals surface area (Å²) in [7, 11) is -4.06. The van der Waals surface area contributed by atoms with E-state index in [-0.39, 0.29) is 11.2 Å². The molecule has 0 amide bonds. The van der Waals surface area contributed by atoms with Crippen LogP contribution in [-0.4, -0.2) is 9.79 Å². The maximum absolute atomic E-state index is 10.6. The Morgan fingerprint density at radius 3 is 2.38 bits per heavy atom. The minimum atomic E-state index is -4.06. The van der Waals surface area contributed by atoms with Gasteiger partial charge in [0.25, 0.3) is 0 Å². The Kier molecular flexibility index (Phi) is 3.38. The lowest BCUT2D eigenvalue weighted by atomic mass is 10.2. The molecule has 0 unspecified atom stereocenters. The van der Waals surface area contributed by atoms with E-state index in [9.17, 15) is 4.57 Å². The standard InChI is InChI=1S/C7H7Cl2O3P/c8-6-2-1-5(7(9)3-6)4-13(10,11)12/h1-3H,4H2,(H2,10,11,12). The number of hydrogen-bond acceptors (Lipinski definition) is 1. The summed E-state index contributed by atoms with van der Waals surface area (Å²) in [6.07, 6.45) is -0.358. The SMILES string of the molecule is O=P(O)(O)Cc1ccc(Cl)cc1Cl. The van der Waals surface area contributed by atoms with Crippen LogP contribution in [0.15, 0.2) is 18.2 Å². The van der Waals surface area contributed by atoms with Gasteiger partial charge in [0.05, 0.1) is 6.16 Å². The van der Waals surface area contributed by atoms with Gasteiger partial charge >= 0.3 is 7.60 Å². The molecule has 0 spiro atoms. The Balaban J connectivity index is 2.97. The van der Waals surface area contributed by atoms with Crippen molar-refractivity contribution in [3.63, 3.8) is 0 Å². The molecular weight excluding hydrogens is 234 g/mol. The van der Waals surface area contributed by atoms with Crippen LogP contribution in [0.25, 0.3) is 0 Å². The van der Waals surface area contributed by atoms with Crippen molar-refractivity contribution in [2.24, 2.45) is 0 Å². The van der Waals surface area contributed by atoms with E-state index in [1.165, 1.54) is 12.1 Å². The van der Waals surface area contributed by atoms with Crippen molar-refractivity contribution in [1.82, 2.24) is 0 Å². The molecule has 0 saturated heterocycles. The Bertz CT molecular complexity index is 361.